The molecule has 3 nitrogen and oxygen atoms in total. The lowest BCUT2D eigenvalue weighted by Crippen LogP contribution is -2.19. The second-order valence-corrected chi connectivity index (χ2v) is 4.53. The number of rotatable bonds is 8. The second kappa shape index (κ2) is 8.70. The van der Waals surface area contributed by atoms with Gasteiger partial charge in [0.2, 0.25) is 0 Å². The van der Waals surface area contributed by atoms with E-state index in [1.54, 1.807) is 0 Å². The highest BCUT2D eigenvalue weighted by molar-refractivity contribution is 5.69. The number of methoxy groups -OCH3 is 1. The molecule has 0 saturated heterocycles. The average Bonchev–Trinajstić information content (AvgIpc) is 2.43. The monoisotopic (exact) mass is 249 g/mol. The Morgan fingerprint density at radius 2 is 2.00 bits per heavy atom. The van der Waals surface area contributed by atoms with E-state index in [4.69, 9.17) is 0 Å². The number of benzene rings is 1. The van der Waals surface area contributed by atoms with E-state index >= 15 is 0 Å². The molecule has 0 amide bonds. The molecule has 1 atom stereocenters. The molecule has 0 aliphatic carbocycles. The normalized spacial score (nSPS) is 12.1. The molecule has 0 bridgehead atoms. The molecule has 0 spiro atoms. The quantitative estimate of drug-likeness (QED) is 0.568. The summed E-state index contributed by atoms with van der Waals surface area (Å²) in [5.74, 6) is 0.439. The Kier molecular flexibility index (Phi) is 7.11. The molecule has 0 saturated carbocycles. The Balaban J connectivity index is 2.06. The van der Waals surface area contributed by atoms with E-state index in [0.717, 1.165) is 25.9 Å². The summed E-state index contributed by atoms with van der Waals surface area (Å²) in [7, 11) is 1.43. The summed E-state index contributed by atoms with van der Waals surface area (Å²) in [5, 5.41) is 3.36. The molecule has 1 aromatic rings. The molecule has 0 radical (unpaired) electrons. The SMILES string of the molecule is COC(=O)CCCNCCC(C)c1ccccc1. The molecule has 1 unspecified atom stereocenters. The van der Waals surface area contributed by atoms with Gasteiger partial charge in [-0.05, 0) is 37.4 Å². The first kappa shape index (κ1) is 14.7. The number of carbonyl (C=O) groups is 1. The number of esters is 1. The van der Waals surface area contributed by atoms with Gasteiger partial charge in [-0.25, -0.2) is 0 Å². The Labute approximate surface area is 110 Å². The molecule has 0 aromatic heterocycles. The molecule has 3 heteroatoms. The van der Waals surface area contributed by atoms with Crippen molar-refractivity contribution in [3.8, 4) is 0 Å². The summed E-state index contributed by atoms with van der Waals surface area (Å²) < 4.78 is 4.59. The number of hydrogen-bond acceptors (Lipinski definition) is 3. The van der Waals surface area contributed by atoms with E-state index in [1.807, 2.05) is 6.07 Å². The fraction of sp³-hybridized carbons (Fsp3) is 0.533. The van der Waals surface area contributed by atoms with Crippen LogP contribution in [0.1, 0.15) is 37.7 Å². The molecular formula is C15H23NO2. The van der Waals surface area contributed by atoms with Crippen molar-refractivity contribution in [2.45, 2.75) is 32.1 Å². The van der Waals surface area contributed by atoms with Crippen LogP contribution in [0.2, 0.25) is 0 Å². The first-order valence-corrected chi connectivity index (χ1v) is 6.56. The number of carbonyl (C=O) groups excluding carboxylic acids is 1. The zero-order valence-electron chi connectivity index (χ0n) is 11.3. The molecule has 0 aliphatic rings. The average molecular weight is 249 g/mol. The van der Waals surface area contributed by atoms with Crippen LogP contribution in [0.15, 0.2) is 30.3 Å². The maximum Gasteiger partial charge on any atom is 0.305 e. The first-order chi connectivity index (χ1) is 8.74. The van der Waals surface area contributed by atoms with Crippen molar-refractivity contribution in [3.63, 3.8) is 0 Å². The van der Waals surface area contributed by atoms with Crippen molar-refractivity contribution in [1.29, 1.82) is 0 Å². The summed E-state index contributed by atoms with van der Waals surface area (Å²) in [4.78, 5) is 10.9. The highest BCUT2D eigenvalue weighted by Gasteiger charge is 2.04. The Hall–Kier alpha value is -1.35. The summed E-state index contributed by atoms with van der Waals surface area (Å²) in [6, 6.07) is 10.5. The van der Waals surface area contributed by atoms with Crippen LogP contribution in [0.4, 0.5) is 0 Å². The molecule has 1 N–H and O–H groups in total. The van der Waals surface area contributed by atoms with Crippen molar-refractivity contribution in [1.82, 2.24) is 5.32 Å². The van der Waals surface area contributed by atoms with E-state index in [1.165, 1.54) is 12.7 Å². The smallest absolute Gasteiger partial charge is 0.305 e. The van der Waals surface area contributed by atoms with Gasteiger partial charge < -0.3 is 10.1 Å². The van der Waals surface area contributed by atoms with Gasteiger partial charge in [0.1, 0.15) is 0 Å². The molecule has 0 heterocycles. The van der Waals surface area contributed by atoms with Crippen molar-refractivity contribution in [2.75, 3.05) is 20.2 Å². The molecule has 0 fully saturated rings. The lowest BCUT2D eigenvalue weighted by atomic mass is 9.98. The van der Waals surface area contributed by atoms with Crippen molar-refractivity contribution in [2.24, 2.45) is 0 Å². The van der Waals surface area contributed by atoms with Gasteiger partial charge >= 0.3 is 5.97 Å². The van der Waals surface area contributed by atoms with Crippen LogP contribution in [-0.2, 0) is 9.53 Å². The van der Waals surface area contributed by atoms with E-state index in [-0.39, 0.29) is 5.97 Å². The van der Waals surface area contributed by atoms with Crippen LogP contribution in [0.25, 0.3) is 0 Å². The summed E-state index contributed by atoms with van der Waals surface area (Å²) in [6.07, 6.45) is 2.45. The Morgan fingerprint density at radius 3 is 2.67 bits per heavy atom. The predicted molar refractivity (Wildman–Crippen MR) is 73.6 cm³/mol. The highest BCUT2D eigenvalue weighted by Crippen LogP contribution is 2.17. The van der Waals surface area contributed by atoms with E-state index in [9.17, 15) is 4.79 Å². The molecule has 100 valence electrons. The van der Waals surface area contributed by atoms with E-state index < -0.39 is 0 Å². The predicted octanol–water partition coefficient (Wildman–Crippen LogP) is 2.72. The molecule has 1 rings (SSSR count). The van der Waals surface area contributed by atoms with Crippen LogP contribution < -0.4 is 5.32 Å². The van der Waals surface area contributed by atoms with E-state index in [2.05, 4.69) is 41.2 Å². The van der Waals surface area contributed by atoms with Crippen molar-refractivity contribution in [3.05, 3.63) is 35.9 Å². The number of hydrogen-bond donors (Lipinski definition) is 1. The zero-order valence-corrected chi connectivity index (χ0v) is 11.3. The van der Waals surface area contributed by atoms with Crippen LogP contribution >= 0.6 is 0 Å². The third-order valence-electron chi connectivity index (χ3n) is 3.08. The van der Waals surface area contributed by atoms with Crippen LogP contribution in [-0.4, -0.2) is 26.2 Å². The van der Waals surface area contributed by atoms with Gasteiger partial charge in [-0.2, -0.15) is 0 Å². The number of ether oxygens (including phenoxy) is 1. The van der Waals surface area contributed by atoms with Crippen LogP contribution in [0.5, 0.6) is 0 Å². The lowest BCUT2D eigenvalue weighted by Gasteiger charge is -2.12. The van der Waals surface area contributed by atoms with Gasteiger partial charge in [0.15, 0.2) is 0 Å². The summed E-state index contributed by atoms with van der Waals surface area (Å²) in [6.45, 7) is 4.10. The molecule has 0 aliphatic heterocycles. The molecule has 1 aromatic carbocycles. The summed E-state index contributed by atoms with van der Waals surface area (Å²) in [5.41, 5.74) is 1.38. The lowest BCUT2D eigenvalue weighted by molar-refractivity contribution is -0.140. The topological polar surface area (TPSA) is 38.3 Å². The maximum absolute atomic E-state index is 10.9. The third-order valence-corrected chi connectivity index (χ3v) is 3.08. The zero-order chi connectivity index (χ0) is 13.2. The molecular weight excluding hydrogens is 226 g/mol. The standard InChI is InChI=1S/C15H23NO2/c1-13(14-7-4-3-5-8-14)10-12-16-11-6-9-15(17)18-2/h3-5,7-8,13,16H,6,9-12H2,1-2H3. The van der Waals surface area contributed by atoms with Gasteiger partial charge in [0.25, 0.3) is 0 Å². The van der Waals surface area contributed by atoms with Gasteiger partial charge in [-0.15, -0.1) is 0 Å². The Bertz CT molecular complexity index is 338. The maximum atomic E-state index is 10.9. The fourth-order valence-corrected chi connectivity index (χ4v) is 1.85. The van der Waals surface area contributed by atoms with Crippen molar-refractivity contribution < 1.29 is 9.53 Å². The van der Waals surface area contributed by atoms with Crippen LogP contribution in [0, 0.1) is 0 Å². The van der Waals surface area contributed by atoms with Crippen LogP contribution in [0.3, 0.4) is 0 Å². The minimum Gasteiger partial charge on any atom is -0.469 e. The van der Waals surface area contributed by atoms with E-state index in [0.29, 0.717) is 12.3 Å². The highest BCUT2D eigenvalue weighted by atomic mass is 16.5. The minimum atomic E-state index is -0.130. The van der Waals surface area contributed by atoms with Gasteiger partial charge in [0, 0.05) is 6.42 Å². The fourth-order valence-electron chi connectivity index (χ4n) is 1.85. The van der Waals surface area contributed by atoms with Gasteiger partial charge in [-0.1, -0.05) is 37.3 Å². The largest absolute Gasteiger partial charge is 0.469 e. The van der Waals surface area contributed by atoms with Gasteiger partial charge in [0.05, 0.1) is 7.11 Å². The number of nitrogens with one attached hydrogen (secondary N) is 1. The minimum absolute atomic E-state index is 0.130. The summed E-state index contributed by atoms with van der Waals surface area (Å²) >= 11 is 0. The van der Waals surface area contributed by atoms with Crippen molar-refractivity contribution >= 4 is 5.97 Å². The molecule has 18 heavy (non-hydrogen) atoms. The first-order valence-electron chi connectivity index (χ1n) is 6.56. The Morgan fingerprint density at radius 1 is 1.28 bits per heavy atom. The van der Waals surface area contributed by atoms with Gasteiger partial charge in [-0.3, -0.25) is 4.79 Å². The third kappa shape index (κ3) is 5.82. The second-order valence-electron chi connectivity index (χ2n) is 4.53.